The first-order valence-electron chi connectivity index (χ1n) is 7.53. The second kappa shape index (κ2) is 6.68. The summed E-state index contributed by atoms with van der Waals surface area (Å²) in [5.74, 6) is 0.804. The molecule has 6 heteroatoms. The van der Waals surface area contributed by atoms with Crippen LogP contribution >= 0.6 is 23.6 Å². The highest BCUT2D eigenvalue weighted by Gasteiger charge is 2.09. The number of nitrogens with zero attached hydrogens (tertiary/aromatic N) is 1. The standard InChI is InChI=1S/C17H18N2O2S2/c1-3-13-10-14-15(23-13)18-17(22)19(16(14)20)7-8-21-12-6-4-5-11(2)9-12/h4-6,9-10H,3,7-8H2,1-2H3,(H,18,22). The van der Waals surface area contributed by atoms with Gasteiger partial charge in [0.05, 0.1) is 11.9 Å². The minimum atomic E-state index is -0.0486. The first-order chi connectivity index (χ1) is 11.1. The van der Waals surface area contributed by atoms with Crippen molar-refractivity contribution < 1.29 is 4.74 Å². The first-order valence-corrected chi connectivity index (χ1v) is 8.76. The molecule has 0 unspecified atom stereocenters. The molecule has 0 amide bonds. The molecule has 0 spiro atoms. The van der Waals surface area contributed by atoms with E-state index in [-0.39, 0.29) is 5.56 Å². The Bertz CT molecular complexity index is 953. The largest absolute Gasteiger partial charge is 0.492 e. The molecule has 4 nitrogen and oxygen atoms in total. The molecular formula is C17H18N2O2S2. The van der Waals surface area contributed by atoms with Gasteiger partial charge in [0.2, 0.25) is 0 Å². The van der Waals surface area contributed by atoms with Crippen molar-refractivity contribution in [2.24, 2.45) is 0 Å². The van der Waals surface area contributed by atoms with E-state index in [1.54, 1.807) is 15.9 Å². The fourth-order valence-corrected chi connectivity index (χ4v) is 3.76. The van der Waals surface area contributed by atoms with Crippen molar-refractivity contribution in [3.8, 4) is 5.75 Å². The molecule has 0 fully saturated rings. The summed E-state index contributed by atoms with van der Waals surface area (Å²) in [6.07, 6.45) is 0.913. The predicted molar refractivity (Wildman–Crippen MR) is 97.3 cm³/mol. The van der Waals surface area contributed by atoms with Gasteiger partial charge in [-0.1, -0.05) is 19.1 Å². The Morgan fingerprint density at radius 3 is 2.91 bits per heavy atom. The van der Waals surface area contributed by atoms with Gasteiger partial charge in [0.15, 0.2) is 4.77 Å². The number of thiophene rings is 1. The average molecular weight is 346 g/mol. The zero-order valence-electron chi connectivity index (χ0n) is 13.1. The minimum absolute atomic E-state index is 0.0486. The smallest absolute Gasteiger partial charge is 0.263 e. The summed E-state index contributed by atoms with van der Waals surface area (Å²) in [5, 5.41) is 0.705. The molecule has 3 rings (SSSR count). The number of aromatic amines is 1. The zero-order valence-corrected chi connectivity index (χ0v) is 14.7. The van der Waals surface area contributed by atoms with Crippen molar-refractivity contribution in [2.75, 3.05) is 6.61 Å². The summed E-state index contributed by atoms with van der Waals surface area (Å²) in [6, 6.07) is 9.80. The van der Waals surface area contributed by atoms with E-state index in [1.807, 2.05) is 37.3 Å². The van der Waals surface area contributed by atoms with Crippen LogP contribution in [0, 0.1) is 11.7 Å². The van der Waals surface area contributed by atoms with Crippen molar-refractivity contribution >= 4 is 33.8 Å². The lowest BCUT2D eigenvalue weighted by Gasteiger charge is -2.09. The number of aromatic nitrogens is 2. The summed E-state index contributed by atoms with van der Waals surface area (Å²) in [5.41, 5.74) is 1.09. The fourth-order valence-electron chi connectivity index (χ4n) is 2.43. The molecular weight excluding hydrogens is 328 g/mol. The molecule has 0 aliphatic rings. The lowest BCUT2D eigenvalue weighted by Crippen LogP contribution is -2.24. The number of nitrogens with one attached hydrogen (secondary N) is 1. The molecule has 2 heterocycles. The van der Waals surface area contributed by atoms with E-state index in [0.717, 1.165) is 22.6 Å². The van der Waals surface area contributed by atoms with Crippen molar-refractivity contribution in [3.63, 3.8) is 0 Å². The Kier molecular flexibility index (Phi) is 4.63. The second-order valence-electron chi connectivity index (χ2n) is 5.36. The third-order valence-corrected chi connectivity index (χ3v) is 5.16. The first kappa shape index (κ1) is 16.0. The summed E-state index contributed by atoms with van der Waals surface area (Å²) >= 11 is 6.91. The van der Waals surface area contributed by atoms with E-state index in [2.05, 4.69) is 11.9 Å². The Morgan fingerprint density at radius 2 is 2.17 bits per heavy atom. The molecule has 120 valence electrons. The van der Waals surface area contributed by atoms with Crippen LogP contribution in [0.25, 0.3) is 10.2 Å². The van der Waals surface area contributed by atoms with E-state index in [9.17, 15) is 4.79 Å². The molecule has 0 radical (unpaired) electrons. The van der Waals surface area contributed by atoms with E-state index >= 15 is 0 Å². The van der Waals surface area contributed by atoms with Crippen LogP contribution in [0.3, 0.4) is 0 Å². The molecule has 0 saturated carbocycles. The quantitative estimate of drug-likeness (QED) is 0.709. The second-order valence-corrected chi connectivity index (χ2v) is 6.88. The van der Waals surface area contributed by atoms with Gasteiger partial charge in [0.1, 0.15) is 17.2 Å². The lowest BCUT2D eigenvalue weighted by molar-refractivity contribution is 0.295. The van der Waals surface area contributed by atoms with Crippen LogP contribution in [0.5, 0.6) is 5.75 Å². The van der Waals surface area contributed by atoms with E-state index < -0.39 is 0 Å². The number of benzene rings is 1. The van der Waals surface area contributed by atoms with Crippen LogP contribution in [0.1, 0.15) is 17.4 Å². The van der Waals surface area contributed by atoms with Crippen LogP contribution in [0.4, 0.5) is 0 Å². The van der Waals surface area contributed by atoms with Crippen molar-refractivity contribution in [2.45, 2.75) is 26.8 Å². The summed E-state index contributed by atoms with van der Waals surface area (Å²) < 4.78 is 7.74. The molecule has 2 aromatic heterocycles. The maximum absolute atomic E-state index is 12.6. The molecule has 0 saturated heterocycles. The van der Waals surface area contributed by atoms with Gasteiger partial charge in [-0.3, -0.25) is 9.36 Å². The predicted octanol–water partition coefficient (Wildman–Crippen LogP) is 4.07. The molecule has 0 bridgehead atoms. The van der Waals surface area contributed by atoms with Crippen LogP contribution in [0.2, 0.25) is 0 Å². The Hall–Kier alpha value is -1.92. The van der Waals surface area contributed by atoms with Crippen LogP contribution in [0.15, 0.2) is 35.1 Å². The van der Waals surface area contributed by atoms with E-state index in [0.29, 0.717) is 23.3 Å². The van der Waals surface area contributed by atoms with Gasteiger partial charge >= 0.3 is 0 Å². The highest BCUT2D eigenvalue weighted by molar-refractivity contribution is 7.71. The summed E-state index contributed by atoms with van der Waals surface area (Å²) in [6.45, 7) is 4.92. The van der Waals surface area contributed by atoms with Gasteiger partial charge in [-0.25, -0.2) is 0 Å². The topological polar surface area (TPSA) is 47.0 Å². The fraction of sp³-hybridized carbons (Fsp3) is 0.294. The molecule has 23 heavy (non-hydrogen) atoms. The van der Waals surface area contributed by atoms with Crippen molar-refractivity contribution in [1.82, 2.24) is 9.55 Å². The number of H-pyrrole nitrogens is 1. The molecule has 0 aliphatic carbocycles. The SMILES string of the molecule is CCc1cc2c(=O)n(CCOc3cccc(C)c3)c(=S)[nH]c2s1. The third-order valence-electron chi connectivity index (χ3n) is 3.65. The number of ether oxygens (including phenoxy) is 1. The maximum Gasteiger partial charge on any atom is 0.263 e. The van der Waals surface area contributed by atoms with Crippen molar-refractivity contribution in [1.29, 1.82) is 0 Å². The summed E-state index contributed by atoms with van der Waals surface area (Å²) in [4.78, 5) is 17.8. The van der Waals surface area contributed by atoms with Gasteiger partial charge in [-0.2, -0.15) is 0 Å². The van der Waals surface area contributed by atoms with Gasteiger partial charge in [-0.05, 0) is 49.3 Å². The molecule has 3 aromatic rings. The van der Waals surface area contributed by atoms with Crippen LogP contribution in [-0.2, 0) is 13.0 Å². The maximum atomic E-state index is 12.6. The monoisotopic (exact) mass is 346 g/mol. The number of aryl methyl sites for hydroxylation is 2. The van der Waals surface area contributed by atoms with Crippen molar-refractivity contribution in [3.05, 3.63) is 55.9 Å². The third kappa shape index (κ3) is 3.38. The van der Waals surface area contributed by atoms with Gasteiger partial charge < -0.3 is 9.72 Å². The molecule has 1 aromatic carbocycles. The number of fused-ring (bicyclic) bond motifs is 1. The Morgan fingerprint density at radius 1 is 1.35 bits per heavy atom. The highest BCUT2D eigenvalue weighted by Crippen LogP contribution is 2.21. The van der Waals surface area contributed by atoms with Gasteiger partial charge in [-0.15, -0.1) is 11.3 Å². The molecule has 1 N–H and O–H groups in total. The van der Waals surface area contributed by atoms with E-state index in [4.69, 9.17) is 17.0 Å². The molecule has 0 atom stereocenters. The van der Waals surface area contributed by atoms with Gasteiger partial charge in [0, 0.05) is 4.88 Å². The zero-order chi connectivity index (χ0) is 16.4. The Balaban J connectivity index is 1.82. The lowest BCUT2D eigenvalue weighted by atomic mass is 10.2. The average Bonchev–Trinajstić information content (AvgIpc) is 2.94. The van der Waals surface area contributed by atoms with E-state index in [1.165, 1.54) is 4.88 Å². The van der Waals surface area contributed by atoms with Crippen LogP contribution < -0.4 is 10.3 Å². The van der Waals surface area contributed by atoms with Crippen LogP contribution in [-0.4, -0.2) is 16.2 Å². The Labute approximate surface area is 143 Å². The normalized spacial score (nSPS) is 11.0. The number of rotatable bonds is 5. The summed E-state index contributed by atoms with van der Waals surface area (Å²) in [7, 11) is 0. The number of hydrogen-bond donors (Lipinski definition) is 1. The molecule has 0 aliphatic heterocycles. The highest BCUT2D eigenvalue weighted by atomic mass is 32.1. The van der Waals surface area contributed by atoms with Gasteiger partial charge in [0.25, 0.3) is 5.56 Å². The minimum Gasteiger partial charge on any atom is -0.492 e. The number of hydrogen-bond acceptors (Lipinski definition) is 4.